The van der Waals surface area contributed by atoms with E-state index in [1.54, 1.807) is 17.2 Å². The molecular formula is C14H12N6. The molecule has 2 N–H and O–H groups in total. The van der Waals surface area contributed by atoms with E-state index in [0.29, 0.717) is 0 Å². The van der Waals surface area contributed by atoms with E-state index in [-0.39, 0.29) is 0 Å². The largest absolute Gasteiger partial charge is 0.361 e. The van der Waals surface area contributed by atoms with Crippen LogP contribution in [0.25, 0.3) is 21.9 Å². The van der Waals surface area contributed by atoms with Crippen molar-refractivity contribution in [3.8, 4) is 0 Å². The summed E-state index contributed by atoms with van der Waals surface area (Å²) in [6, 6.07) is 8.18. The van der Waals surface area contributed by atoms with Gasteiger partial charge in [-0.05, 0) is 24.3 Å². The van der Waals surface area contributed by atoms with E-state index < -0.39 is 0 Å². The highest BCUT2D eigenvalue weighted by atomic mass is 15.3. The van der Waals surface area contributed by atoms with Gasteiger partial charge >= 0.3 is 0 Å². The molecule has 0 amide bonds. The molecule has 0 radical (unpaired) electrons. The molecular weight excluding hydrogens is 252 g/mol. The summed E-state index contributed by atoms with van der Waals surface area (Å²) in [6.07, 6.45) is 5.24. The average Bonchev–Trinajstić information content (AvgIpc) is 3.06. The van der Waals surface area contributed by atoms with Crippen molar-refractivity contribution in [1.29, 1.82) is 0 Å². The molecule has 0 fully saturated rings. The Morgan fingerprint density at radius 3 is 3.10 bits per heavy atom. The summed E-state index contributed by atoms with van der Waals surface area (Å²) >= 11 is 0. The van der Waals surface area contributed by atoms with E-state index in [1.165, 1.54) is 0 Å². The fourth-order valence-electron chi connectivity index (χ4n) is 2.33. The quantitative estimate of drug-likeness (QED) is 0.583. The molecule has 98 valence electrons. The lowest BCUT2D eigenvalue weighted by Gasteiger charge is -2.06. The van der Waals surface area contributed by atoms with Gasteiger partial charge in [-0.15, -0.1) is 0 Å². The Balaban J connectivity index is 1.79. The van der Waals surface area contributed by atoms with Crippen molar-refractivity contribution in [2.45, 2.75) is 0 Å². The summed E-state index contributed by atoms with van der Waals surface area (Å²) in [5.74, 6) is 0.762. The second kappa shape index (κ2) is 4.06. The number of hydrogen-bond acceptors (Lipinski definition) is 4. The molecule has 6 nitrogen and oxygen atoms in total. The SMILES string of the molecule is Cn1ncc2c(Nc3ccc4[nH]ccc4c3)ncnc21. The zero-order chi connectivity index (χ0) is 13.5. The molecule has 0 aliphatic rings. The first-order valence-corrected chi connectivity index (χ1v) is 6.28. The average molecular weight is 264 g/mol. The summed E-state index contributed by atoms with van der Waals surface area (Å²) in [7, 11) is 1.87. The number of aromatic nitrogens is 5. The number of anilines is 2. The van der Waals surface area contributed by atoms with Gasteiger partial charge in [-0.3, -0.25) is 4.68 Å². The van der Waals surface area contributed by atoms with Crippen LogP contribution in [0.3, 0.4) is 0 Å². The van der Waals surface area contributed by atoms with Gasteiger partial charge < -0.3 is 10.3 Å². The summed E-state index contributed by atoms with van der Waals surface area (Å²) in [6.45, 7) is 0. The first-order chi connectivity index (χ1) is 9.81. The Labute approximate surface area is 114 Å². The Hall–Kier alpha value is -2.89. The molecule has 3 aromatic heterocycles. The fourth-order valence-corrected chi connectivity index (χ4v) is 2.33. The number of nitrogens with one attached hydrogen (secondary N) is 2. The predicted molar refractivity (Wildman–Crippen MR) is 77.9 cm³/mol. The van der Waals surface area contributed by atoms with Crippen molar-refractivity contribution >= 4 is 33.4 Å². The number of benzene rings is 1. The van der Waals surface area contributed by atoms with Gasteiger partial charge in [-0.25, -0.2) is 9.97 Å². The standard InChI is InChI=1S/C14H12N6/c1-20-14-11(7-18-20)13(16-8-17-14)19-10-2-3-12-9(6-10)4-5-15-12/h2-8,15H,1H3,(H,16,17,19). The van der Waals surface area contributed by atoms with Crippen LogP contribution in [0.4, 0.5) is 11.5 Å². The van der Waals surface area contributed by atoms with E-state index in [1.807, 2.05) is 31.4 Å². The second-order valence-corrected chi connectivity index (χ2v) is 4.63. The molecule has 4 aromatic rings. The van der Waals surface area contributed by atoms with Gasteiger partial charge in [0.2, 0.25) is 0 Å². The first-order valence-electron chi connectivity index (χ1n) is 6.28. The topological polar surface area (TPSA) is 71.4 Å². The van der Waals surface area contributed by atoms with Crippen LogP contribution in [0, 0.1) is 0 Å². The number of fused-ring (bicyclic) bond motifs is 2. The normalized spacial score (nSPS) is 11.2. The van der Waals surface area contributed by atoms with Gasteiger partial charge in [-0.1, -0.05) is 0 Å². The number of nitrogens with zero attached hydrogens (tertiary/aromatic N) is 4. The van der Waals surface area contributed by atoms with Crippen LogP contribution in [-0.2, 0) is 7.05 Å². The molecule has 0 saturated heterocycles. The van der Waals surface area contributed by atoms with Gasteiger partial charge in [0.25, 0.3) is 0 Å². The van der Waals surface area contributed by atoms with Crippen LogP contribution in [-0.4, -0.2) is 24.7 Å². The third-order valence-corrected chi connectivity index (χ3v) is 3.35. The van der Waals surface area contributed by atoms with Crippen molar-refractivity contribution in [1.82, 2.24) is 24.7 Å². The van der Waals surface area contributed by atoms with E-state index in [0.717, 1.165) is 33.4 Å². The first kappa shape index (κ1) is 11.0. The lowest BCUT2D eigenvalue weighted by molar-refractivity contribution is 0.785. The maximum absolute atomic E-state index is 4.30. The maximum atomic E-state index is 4.30. The predicted octanol–water partition coefficient (Wildman–Crippen LogP) is 2.59. The molecule has 0 aliphatic carbocycles. The zero-order valence-corrected chi connectivity index (χ0v) is 10.8. The van der Waals surface area contributed by atoms with Crippen molar-refractivity contribution in [2.24, 2.45) is 7.05 Å². The summed E-state index contributed by atoms with van der Waals surface area (Å²) < 4.78 is 1.73. The molecule has 4 rings (SSSR count). The van der Waals surface area contributed by atoms with E-state index >= 15 is 0 Å². The summed E-state index contributed by atoms with van der Waals surface area (Å²) in [4.78, 5) is 11.7. The summed E-state index contributed by atoms with van der Waals surface area (Å²) in [5, 5.41) is 9.60. The Bertz CT molecular complexity index is 904. The van der Waals surface area contributed by atoms with Crippen LogP contribution in [0.5, 0.6) is 0 Å². The van der Waals surface area contributed by atoms with Crippen LogP contribution >= 0.6 is 0 Å². The van der Waals surface area contributed by atoms with Crippen molar-refractivity contribution in [3.63, 3.8) is 0 Å². The van der Waals surface area contributed by atoms with Crippen LogP contribution in [0.1, 0.15) is 0 Å². The molecule has 0 aliphatic heterocycles. The third-order valence-electron chi connectivity index (χ3n) is 3.35. The highest BCUT2D eigenvalue weighted by Crippen LogP contribution is 2.24. The fraction of sp³-hybridized carbons (Fsp3) is 0.0714. The molecule has 20 heavy (non-hydrogen) atoms. The number of rotatable bonds is 2. The smallest absolute Gasteiger partial charge is 0.163 e. The number of hydrogen-bond donors (Lipinski definition) is 2. The minimum absolute atomic E-state index is 0.762. The van der Waals surface area contributed by atoms with Crippen molar-refractivity contribution in [2.75, 3.05) is 5.32 Å². The molecule has 0 bridgehead atoms. The molecule has 0 saturated carbocycles. The van der Waals surface area contributed by atoms with E-state index in [4.69, 9.17) is 0 Å². The molecule has 3 heterocycles. The van der Waals surface area contributed by atoms with Crippen molar-refractivity contribution in [3.05, 3.63) is 43.0 Å². The zero-order valence-electron chi connectivity index (χ0n) is 10.8. The van der Waals surface area contributed by atoms with Gasteiger partial charge in [0.15, 0.2) is 5.65 Å². The highest BCUT2D eigenvalue weighted by Gasteiger charge is 2.08. The van der Waals surface area contributed by atoms with E-state index in [9.17, 15) is 0 Å². The van der Waals surface area contributed by atoms with Gasteiger partial charge in [-0.2, -0.15) is 5.10 Å². The molecule has 6 heteroatoms. The molecule has 0 atom stereocenters. The lowest BCUT2D eigenvalue weighted by atomic mass is 10.2. The second-order valence-electron chi connectivity index (χ2n) is 4.63. The number of H-pyrrole nitrogens is 1. The Morgan fingerprint density at radius 1 is 1.20 bits per heavy atom. The molecule has 0 spiro atoms. The van der Waals surface area contributed by atoms with Gasteiger partial charge in [0.05, 0.1) is 11.6 Å². The van der Waals surface area contributed by atoms with Gasteiger partial charge in [0, 0.05) is 29.8 Å². The monoisotopic (exact) mass is 264 g/mol. The van der Waals surface area contributed by atoms with Crippen LogP contribution in [0.15, 0.2) is 43.0 Å². The molecule has 0 unspecified atom stereocenters. The Kier molecular flexibility index (Phi) is 2.23. The van der Waals surface area contributed by atoms with Crippen LogP contribution < -0.4 is 5.32 Å². The number of aryl methyl sites for hydroxylation is 1. The highest BCUT2D eigenvalue weighted by molar-refractivity contribution is 5.90. The minimum Gasteiger partial charge on any atom is -0.361 e. The maximum Gasteiger partial charge on any atom is 0.163 e. The Morgan fingerprint density at radius 2 is 2.15 bits per heavy atom. The number of aromatic amines is 1. The summed E-state index contributed by atoms with van der Waals surface area (Å²) in [5.41, 5.74) is 2.91. The minimum atomic E-state index is 0.762. The van der Waals surface area contributed by atoms with Gasteiger partial charge in [0.1, 0.15) is 12.1 Å². The van der Waals surface area contributed by atoms with E-state index in [2.05, 4.69) is 31.4 Å². The van der Waals surface area contributed by atoms with Crippen molar-refractivity contribution < 1.29 is 0 Å². The third kappa shape index (κ3) is 1.62. The van der Waals surface area contributed by atoms with Crippen LogP contribution in [0.2, 0.25) is 0 Å². The molecule has 1 aromatic carbocycles. The lowest BCUT2D eigenvalue weighted by Crippen LogP contribution is -1.97.